The van der Waals surface area contributed by atoms with Gasteiger partial charge in [0.25, 0.3) is 0 Å². The Bertz CT molecular complexity index is 449. The molecule has 0 aliphatic carbocycles. The second-order valence-corrected chi connectivity index (χ2v) is 5.64. The first kappa shape index (κ1) is 17.2. The van der Waals surface area contributed by atoms with Gasteiger partial charge in [-0.1, -0.05) is 13.0 Å². The number of anilines is 1. The molecule has 3 N–H and O–H groups in total. The molecule has 21 heavy (non-hydrogen) atoms. The molecule has 0 aliphatic rings. The van der Waals surface area contributed by atoms with E-state index < -0.39 is 0 Å². The molecule has 1 aromatic rings. The molecule has 6 heteroatoms. The molecule has 2 unspecified atom stereocenters. The van der Waals surface area contributed by atoms with Gasteiger partial charge in [-0.2, -0.15) is 0 Å². The van der Waals surface area contributed by atoms with Crippen LogP contribution in [0.25, 0.3) is 0 Å². The highest BCUT2D eigenvalue weighted by Gasteiger charge is 2.08. The molecule has 1 aromatic heterocycles. The number of urea groups is 1. The third-order valence-electron chi connectivity index (χ3n) is 3.03. The second kappa shape index (κ2) is 8.46. The van der Waals surface area contributed by atoms with Crippen LogP contribution in [0.3, 0.4) is 0 Å². The summed E-state index contributed by atoms with van der Waals surface area (Å²) in [6, 6.07) is 5.50. The lowest BCUT2D eigenvalue weighted by atomic mass is 10.1. The molecule has 0 saturated carbocycles. The van der Waals surface area contributed by atoms with Crippen LogP contribution in [-0.2, 0) is 6.54 Å². The van der Waals surface area contributed by atoms with Crippen molar-refractivity contribution in [1.29, 1.82) is 0 Å². The predicted molar refractivity (Wildman–Crippen MR) is 84.3 cm³/mol. The second-order valence-electron chi connectivity index (χ2n) is 5.64. The normalized spacial score (nSPS) is 13.4. The van der Waals surface area contributed by atoms with Crippen LogP contribution in [-0.4, -0.2) is 42.9 Å². The number of nitrogens with zero attached hydrogens (tertiary/aromatic N) is 2. The summed E-state index contributed by atoms with van der Waals surface area (Å²) in [7, 11) is 3.85. The number of aromatic nitrogens is 1. The van der Waals surface area contributed by atoms with E-state index in [4.69, 9.17) is 0 Å². The fourth-order valence-corrected chi connectivity index (χ4v) is 1.98. The Morgan fingerprint density at radius 1 is 1.33 bits per heavy atom. The molecule has 0 aromatic carbocycles. The Hall–Kier alpha value is -1.82. The molecule has 118 valence electrons. The summed E-state index contributed by atoms with van der Waals surface area (Å²) in [6.45, 7) is 4.68. The molecule has 1 rings (SSSR count). The van der Waals surface area contributed by atoms with Crippen molar-refractivity contribution in [2.45, 2.75) is 32.9 Å². The number of rotatable bonds is 7. The summed E-state index contributed by atoms with van der Waals surface area (Å²) in [5.41, 5.74) is 0.813. The van der Waals surface area contributed by atoms with Crippen LogP contribution in [0.2, 0.25) is 0 Å². The molecule has 1 heterocycles. The fourth-order valence-electron chi connectivity index (χ4n) is 1.98. The fraction of sp³-hybridized carbons (Fsp3) is 0.600. The van der Waals surface area contributed by atoms with Gasteiger partial charge in [0.05, 0.1) is 18.3 Å². The number of nitrogens with one attached hydrogen (secondary N) is 2. The zero-order valence-electron chi connectivity index (χ0n) is 13.3. The highest BCUT2D eigenvalue weighted by atomic mass is 16.3. The summed E-state index contributed by atoms with van der Waals surface area (Å²) >= 11 is 0. The van der Waals surface area contributed by atoms with Gasteiger partial charge in [-0.05, 0) is 31.4 Å². The van der Waals surface area contributed by atoms with Gasteiger partial charge >= 0.3 is 6.03 Å². The molecular weight excluding hydrogens is 268 g/mol. The number of aliphatic hydroxyl groups is 1. The Labute approximate surface area is 126 Å². The molecule has 0 fully saturated rings. The topological polar surface area (TPSA) is 77.5 Å². The predicted octanol–water partition coefficient (Wildman–Crippen LogP) is 1.35. The van der Waals surface area contributed by atoms with Gasteiger partial charge in [-0.25, -0.2) is 9.78 Å². The van der Waals surface area contributed by atoms with E-state index >= 15 is 0 Å². The lowest BCUT2D eigenvalue weighted by Crippen LogP contribution is -2.38. The number of amides is 2. The van der Waals surface area contributed by atoms with Gasteiger partial charge in [-0.15, -0.1) is 0 Å². The number of carbonyl (C=O) groups excluding carboxylic acids is 1. The van der Waals surface area contributed by atoms with Gasteiger partial charge in [0, 0.05) is 20.6 Å². The summed E-state index contributed by atoms with van der Waals surface area (Å²) in [4.78, 5) is 18.0. The van der Waals surface area contributed by atoms with Crippen molar-refractivity contribution in [2.24, 2.45) is 5.92 Å². The van der Waals surface area contributed by atoms with Crippen molar-refractivity contribution in [1.82, 2.24) is 15.6 Å². The molecule has 0 saturated heterocycles. The van der Waals surface area contributed by atoms with E-state index in [1.54, 1.807) is 6.92 Å². The van der Waals surface area contributed by atoms with E-state index in [-0.39, 0.29) is 18.1 Å². The largest absolute Gasteiger partial charge is 0.393 e. The number of hydrogen-bond acceptors (Lipinski definition) is 4. The molecule has 2 atom stereocenters. The van der Waals surface area contributed by atoms with E-state index in [1.807, 2.05) is 44.1 Å². The van der Waals surface area contributed by atoms with Crippen LogP contribution in [0.4, 0.5) is 10.6 Å². The maximum absolute atomic E-state index is 11.7. The third kappa shape index (κ3) is 6.94. The minimum atomic E-state index is -0.345. The third-order valence-corrected chi connectivity index (χ3v) is 3.03. The van der Waals surface area contributed by atoms with Crippen LogP contribution in [0.1, 0.15) is 26.0 Å². The standard InChI is InChI=1S/C15H26N4O2/c1-11(8-12(2)20)9-16-15(21)17-10-13-6-5-7-14(18-13)19(3)4/h5-7,11-12,20H,8-10H2,1-4H3,(H2,16,17,21). The van der Waals surface area contributed by atoms with E-state index in [0.717, 1.165) is 11.5 Å². The SMILES string of the molecule is CC(O)CC(C)CNC(=O)NCc1cccc(N(C)C)n1. The smallest absolute Gasteiger partial charge is 0.315 e. The highest BCUT2D eigenvalue weighted by Crippen LogP contribution is 2.07. The van der Waals surface area contributed by atoms with Crippen LogP contribution < -0.4 is 15.5 Å². The molecular formula is C15H26N4O2. The van der Waals surface area contributed by atoms with Crippen molar-refractivity contribution in [3.8, 4) is 0 Å². The van der Waals surface area contributed by atoms with Crippen molar-refractivity contribution in [3.63, 3.8) is 0 Å². The Morgan fingerprint density at radius 3 is 2.67 bits per heavy atom. The van der Waals surface area contributed by atoms with E-state index in [0.29, 0.717) is 19.5 Å². The molecule has 0 aliphatic heterocycles. The first-order chi connectivity index (χ1) is 9.88. The van der Waals surface area contributed by atoms with Crippen molar-refractivity contribution >= 4 is 11.8 Å². The molecule has 0 spiro atoms. The number of carbonyl (C=O) groups is 1. The number of aliphatic hydroxyl groups excluding tert-OH is 1. The zero-order valence-corrected chi connectivity index (χ0v) is 13.3. The van der Waals surface area contributed by atoms with Crippen molar-refractivity contribution < 1.29 is 9.90 Å². The minimum absolute atomic E-state index is 0.218. The van der Waals surface area contributed by atoms with Gasteiger partial charge in [0.1, 0.15) is 5.82 Å². The highest BCUT2D eigenvalue weighted by molar-refractivity contribution is 5.73. The maximum atomic E-state index is 11.7. The lowest BCUT2D eigenvalue weighted by molar-refractivity contribution is 0.163. The summed E-state index contributed by atoms with van der Waals surface area (Å²) < 4.78 is 0. The van der Waals surface area contributed by atoms with Gasteiger partial charge in [0.2, 0.25) is 0 Å². The van der Waals surface area contributed by atoms with Crippen LogP contribution in [0, 0.1) is 5.92 Å². The quantitative estimate of drug-likeness (QED) is 0.709. The average molecular weight is 294 g/mol. The minimum Gasteiger partial charge on any atom is -0.393 e. The number of pyridine rings is 1. The van der Waals surface area contributed by atoms with Crippen molar-refractivity contribution in [2.75, 3.05) is 25.5 Å². The summed E-state index contributed by atoms with van der Waals surface area (Å²) in [6.07, 6.45) is 0.329. The monoisotopic (exact) mass is 294 g/mol. The lowest BCUT2D eigenvalue weighted by Gasteiger charge is -2.15. The maximum Gasteiger partial charge on any atom is 0.315 e. The molecule has 6 nitrogen and oxygen atoms in total. The Kier molecular flexibility index (Phi) is 6.94. The zero-order chi connectivity index (χ0) is 15.8. The number of hydrogen-bond donors (Lipinski definition) is 3. The summed E-state index contributed by atoms with van der Waals surface area (Å²) in [5, 5.41) is 14.8. The first-order valence-corrected chi connectivity index (χ1v) is 7.21. The summed E-state index contributed by atoms with van der Waals surface area (Å²) in [5.74, 6) is 1.10. The van der Waals surface area contributed by atoms with Crippen LogP contribution in [0.5, 0.6) is 0 Å². The molecule has 0 radical (unpaired) electrons. The van der Waals surface area contributed by atoms with Crippen LogP contribution in [0.15, 0.2) is 18.2 Å². The Balaban J connectivity index is 2.34. The first-order valence-electron chi connectivity index (χ1n) is 7.21. The van der Waals surface area contributed by atoms with E-state index in [1.165, 1.54) is 0 Å². The Morgan fingerprint density at radius 2 is 2.05 bits per heavy atom. The van der Waals surface area contributed by atoms with E-state index in [9.17, 15) is 9.90 Å². The van der Waals surface area contributed by atoms with Crippen LogP contribution >= 0.6 is 0 Å². The average Bonchev–Trinajstić information content (AvgIpc) is 2.42. The van der Waals surface area contributed by atoms with Gasteiger partial charge < -0.3 is 20.6 Å². The van der Waals surface area contributed by atoms with Gasteiger partial charge in [-0.3, -0.25) is 0 Å². The molecule has 2 amide bonds. The van der Waals surface area contributed by atoms with E-state index in [2.05, 4.69) is 15.6 Å². The van der Waals surface area contributed by atoms with Gasteiger partial charge in [0.15, 0.2) is 0 Å². The molecule has 0 bridgehead atoms. The van der Waals surface area contributed by atoms with Crippen molar-refractivity contribution in [3.05, 3.63) is 23.9 Å².